The summed E-state index contributed by atoms with van der Waals surface area (Å²) in [5.41, 5.74) is 4.57. The van der Waals surface area contributed by atoms with Crippen LogP contribution in [0.2, 0.25) is 0 Å². The fraction of sp³-hybridized carbons (Fsp3) is 0.286. The number of anilines is 1. The number of aryl methyl sites for hydroxylation is 1. The van der Waals surface area contributed by atoms with E-state index in [9.17, 15) is 10.1 Å². The van der Waals surface area contributed by atoms with Gasteiger partial charge in [-0.1, -0.05) is 6.07 Å². The van der Waals surface area contributed by atoms with Gasteiger partial charge in [-0.05, 0) is 31.7 Å². The third-order valence-electron chi connectivity index (χ3n) is 3.27. The second-order valence-corrected chi connectivity index (χ2v) is 4.93. The molecular formula is C14H18N4O3. The summed E-state index contributed by atoms with van der Waals surface area (Å²) in [7, 11) is 1.95. The molecule has 0 aliphatic carbocycles. The van der Waals surface area contributed by atoms with Gasteiger partial charge in [0.15, 0.2) is 0 Å². The van der Waals surface area contributed by atoms with E-state index in [0.29, 0.717) is 18.8 Å². The van der Waals surface area contributed by atoms with E-state index in [0.717, 1.165) is 16.9 Å². The number of nitro groups is 1. The Kier molecular flexibility index (Phi) is 4.56. The summed E-state index contributed by atoms with van der Waals surface area (Å²) in [6.07, 6.45) is 1.66. The Morgan fingerprint density at radius 1 is 1.38 bits per heavy atom. The van der Waals surface area contributed by atoms with Crippen molar-refractivity contribution in [3.8, 4) is 0 Å². The quantitative estimate of drug-likeness (QED) is 0.481. The molecule has 0 spiro atoms. The number of rotatable bonds is 6. The maximum absolute atomic E-state index is 11.0. The van der Waals surface area contributed by atoms with Crippen LogP contribution in [0.3, 0.4) is 0 Å². The van der Waals surface area contributed by atoms with Gasteiger partial charge in [0.25, 0.3) is 5.69 Å². The molecule has 7 heteroatoms. The molecule has 2 aromatic rings. The zero-order valence-electron chi connectivity index (χ0n) is 12.0. The lowest BCUT2D eigenvalue weighted by Crippen LogP contribution is -2.17. The van der Waals surface area contributed by atoms with Crippen LogP contribution in [-0.4, -0.2) is 16.9 Å². The molecule has 1 aromatic carbocycles. The lowest BCUT2D eigenvalue weighted by atomic mass is 10.1. The number of furan rings is 1. The second-order valence-electron chi connectivity index (χ2n) is 4.93. The minimum Gasteiger partial charge on any atom is -0.469 e. The molecule has 0 fully saturated rings. The van der Waals surface area contributed by atoms with E-state index in [2.05, 4.69) is 10.3 Å². The SMILES string of the molecule is Cc1occc1CN(C)Cc1ccc(NN)c([N+](=O)[O-])c1. The third kappa shape index (κ3) is 3.59. The monoisotopic (exact) mass is 290 g/mol. The number of nitrogen functional groups attached to an aromatic ring is 1. The Hall–Kier alpha value is -2.38. The lowest BCUT2D eigenvalue weighted by molar-refractivity contribution is -0.384. The molecule has 112 valence electrons. The number of benzene rings is 1. The standard InChI is InChI=1S/C14H18N4O3/c1-10-12(5-6-21-10)9-17(2)8-11-3-4-13(16-15)14(7-11)18(19)20/h3-7,16H,8-9,15H2,1-2H3. The highest BCUT2D eigenvalue weighted by molar-refractivity contribution is 5.61. The Morgan fingerprint density at radius 3 is 2.71 bits per heavy atom. The van der Waals surface area contributed by atoms with Crippen molar-refractivity contribution in [3.63, 3.8) is 0 Å². The Balaban J connectivity index is 2.10. The number of hydrogen-bond donors (Lipinski definition) is 2. The number of nitro benzene ring substituents is 1. The highest BCUT2D eigenvalue weighted by atomic mass is 16.6. The van der Waals surface area contributed by atoms with Gasteiger partial charge >= 0.3 is 0 Å². The maximum Gasteiger partial charge on any atom is 0.293 e. The van der Waals surface area contributed by atoms with E-state index in [1.165, 1.54) is 6.07 Å². The van der Waals surface area contributed by atoms with Crippen molar-refractivity contribution < 1.29 is 9.34 Å². The summed E-state index contributed by atoms with van der Waals surface area (Å²) in [5.74, 6) is 6.16. The van der Waals surface area contributed by atoms with Crippen molar-refractivity contribution >= 4 is 11.4 Å². The average molecular weight is 290 g/mol. The summed E-state index contributed by atoms with van der Waals surface area (Å²) in [6, 6.07) is 6.90. The van der Waals surface area contributed by atoms with E-state index < -0.39 is 4.92 Å². The number of hydrazine groups is 1. The molecule has 1 heterocycles. The van der Waals surface area contributed by atoms with Crippen LogP contribution < -0.4 is 11.3 Å². The van der Waals surface area contributed by atoms with E-state index >= 15 is 0 Å². The predicted octanol–water partition coefficient (Wildman–Crippen LogP) is 2.41. The first-order chi connectivity index (χ1) is 10.0. The third-order valence-corrected chi connectivity index (χ3v) is 3.27. The Bertz CT molecular complexity index is 639. The molecule has 0 saturated heterocycles. The van der Waals surface area contributed by atoms with Crippen LogP contribution >= 0.6 is 0 Å². The molecule has 0 unspecified atom stereocenters. The van der Waals surface area contributed by atoms with Gasteiger partial charge in [-0.2, -0.15) is 0 Å². The first-order valence-corrected chi connectivity index (χ1v) is 6.46. The summed E-state index contributed by atoms with van der Waals surface area (Å²) >= 11 is 0. The molecule has 0 bridgehead atoms. The number of nitrogens with two attached hydrogens (primary N) is 1. The van der Waals surface area contributed by atoms with Crippen molar-refractivity contribution in [2.24, 2.45) is 5.84 Å². The van der Waals surface area contributed by atoms with Crippen molar-refractivity contribution in [2.75, 3.05) is 12.5 Å². The van der Waals surface area contributed by atoms with Crippen LogP contribution in [0.25, 0.3) is 0 Å². The first-order valence-electron chi connectivity index (χ1n) is 6.46. The van der Waals surface area contributed by atoms with Gasteiger partial charge in [0.1, 0.15) is 11.4 Å². The molecule has 0 aliphatic heterocycles. The summed E-state index contributed by atoms with van der Waals surface area (Å²) < 4.78 is 5.26. The van der Waals surface area contributed by atoms with Gasteiger partial charge in [-0.15, -0.1) is 0 Å². The Morgan fingerprint density at radius 2 is 2.14 bits per heavy atom. The predicted molar refractivity (Wildman–Crippen MR) is 79.5 cm³/mol. The lowest BCUT2D eigenvalue weighted by Gasteiger charge is -2.16. The van der Waals surface area contributed by atoms with E-state index in [4.69, 9.17) is 10.3 Å². The molecule has 3 N–H and O–H groups in total. The summed E-state index contributed by atoms with van der Waals surface area (Å²) in [4.78, 5) is 12.6. The number of nitrogens with one attached hydrogen (secondary N) is 1. The van der Waals surface area contributed by atoms with Crippen LogP contribution in [0.5, 0.6) is 0 Å². The van der Waals surface area contributed by atoms with Gasteiger partial charge in [-0.3, -0.25) is 20.9 Å². The second kappa shape index (κ2) is 6.38. The van der Waals surface area contributed by atoms with Crippen LogP contribution in [0.15, 0.2) is 34.9 Å². The molecule has 1 aromatic heterocycles. The van der Waals surface area contributed by atoms with Crippen molar-refractivity contribution in [2.45, 2.75) is 20.0 Å². The number of nitrogens with zero attached hydrogens (tertiary/aromatic N) is 2. The molecule has 21 heavy (non-hydrogen) atoms. The normalized spacial score (nSPS) is 10.9. The van der Waals surface area contributed by atoms with E-state index in [1.54, 1.807) is 12.3 Å². The van der Waals surface area contributed by atoms with Crippen molar-refractivity contribution in [3.05, 3.63) is 57.5 Å². The molecule has 0 aliphatic rings. The van der Waals surface area contributed by atoms with Gasteiger partial charge < -0.3 is 9.84 Å². The van der Waals surface area contributed by atoms with E-state index in [-0.39, 0.29) is 5.69 Å². The summed E-state index contributed by atoms with van der Waals surface area (Å²) in [6.45, 7) is 3.22. The fourth-order valence-corrected chi connectivity index (χ4v) is 2.18. The molecule has 0 radical (unpaired) electrons. The van der Waals surface area contributed by atoms with Gasteiger partial charge in [0.2, 0.25) is 0 Å². The molecule has 2 rings (SSSR count). The molecule has 0 amide bonds. The first kappa shape index (κ1) is 15.0. The van der Waals surface area contributed by atoms with Crippen molar-refractivity contribution in [1.29, 1.82) is 0 Å². The van der Waals surface area contributed by atoms with Crippen molar-refractivity contribution in [1.82, 2.24) is 4.90 Å². The smallest absolute Gasteiger partial charge is 0.293 e. The minimum atomic E-state index is -0.446. The maximum atomic E-state index is 11.0. The fourth-order valence-electron chi connectivity index (χ4n) is 2.18. The van der Waals surface area contributed by atoms with Gasteiger partial charge in [0.05, 0.1) is 11.2 Å². The minimum absolute atomic E-state index is 0.0251. The zero-order valence-corrected chi connectivity index (χ0v) is 12.0. The molecule has 0 saturated carbocycles. The highest BCUT2D eigenvalue weighted by Gasteiger charge is 2.14. The average Bonchev–Trinajstić information content (AvgIpc) is 2.84. The highest BCUT2D eigenvalue weighted by Crippen LogP contribution is 2.25. The topological polar surface area (TPSA) is 97.6 Å². The Labute approximate surface area is 122 Å². The van der Waals surface area contributed by atoms with Crippen LogP contribution in [0.4, 0.5) is 11.4 Å². The molecule has 0 atom stereocenters. The number of hydrogen-bond acceptors (Lipinski definition) is 6. The van der Waals surface area contributed by atoms with Crippen LogP contribution in [-0.2, 0) is 13.1 Å². The summed E-state index contributed by atoms with van der Waals surface area (Å²) in [5, 5.41) is 11.0. The van der Waals surface area contributed by atoms with Gasteiger partial charge in [0, 0.05) is 24.7 Å². The molecular weight excluding hydrogens is 272 g/mol. The largest absolute Gasteiger partial charge is 0.469 e. The zero-order chi connectivity index (χ0) is 15.4. The van der Waals surface area contributed by atoms with Crippen LogP contribution in [0, 0.1) is 17.0 Å². The van der Waals surface area contributed by atoms with E-state index in [1.807, 2.05) is 26.1 Å². The van der Waals surface area contributed by atoms with Gasteiger partial charge in [-0.25, -0.2) is 0 Å². The van der Waals surface area contributed by atoms with Crippen LogP contribution in [0.1, 0.15) is 16.9 Å². The molecule has 7 nitrogen and oxygen atoms in total.